The third-order valence-corrected chi connectivity index (χ3v) is 3.85. The number of aryl methyl sites for hydroxylation is 1. The molecule has 2 aromatic rings. The highest BCUT2D eigenvalue weighted by Gasteiger charge is 2.14. The fourth-order valence-corrected chi connectivity index (χ4v) is 2.66. The van der Waals surface area contributed by atoms with Crippen LogP contribution in [-0.4, -0.2) is 6.61 Å². The minimum atomic E-state index is -0.306. The summed E-state index contributed by atoms with van der Waals surface area (Å²) in [5, 5.41) is 0. The summed E-state index contributed by atoms with van der Waals surface area (Å²) in [5.74, 6) is 0.581. The highest BCUT2D eigenvalue weighted by molar-refractivity contribution is 9.10. The molecule has 0 radical (unpaired) electrons. The molecule has 0 bridgehead atoms. The summed E-state index contributed by atoms with van der Waals surface area (Å²) in [4.78, 5) is 0. The monoisotopic (exact) mass is 337 g/mol. The summed E-state index contributed by atoms with van der Waals surface area (Å²) in [6.07, 6.45) is 0. The van der Waals surface area contributed by atoms with Crippen LogP contribution in [0.15, 0.2) is 40.9 Å². The Labute approximate surface area is 126 Å². The van der Waals surface area contributed by atoms with Crippen molar-refractivity contribution in [2.24, 2.45) is 5.73 Å². The second-order valence-electron chi connectivity index (χ2n) is 4.60. The van der Waals surface area contributed by atoms with Crippen LogP contribution in [0.4, 0.5) is 4.39 Å². The molecule has 2 nitrogen and oxygen atoms in total. The van der Waals surface area contributed by atoms with Crippen LogP contribution in [0.25, 0.3) is 0 Å². The third-order valence-electron chi connectivity index (χ3n) is 3.16. The van der Waals surface area contributed by atoms with E-state index in [9.17, 15) is 4.39 Å². The van der Waals surface area contributed by atoms with E-state index in [1.807, 2.05) is 25.1 Å². The number of benzene rings is 2. The van der Waals surface area contributed by atoms with Gasteiger partial charge in [0, 0.05) is 4.47 Å². The zero-order valence-electron chi connectivity index (χ0n) is 11.5. The fraction of sp³-hybridized carbons (Fsp3) is 0.250. The number of rotatable bonds is 4. The van der Waals surface area contributed by atoms with Crippen molar-refractivity contribution < 1.29 is 9.13 Å². The van der Waals surface area contributed by atoms with Gasteiger partial charge in [-0.05, 0) is 48.7 Å². The average molecular weight is 338 g/mol. The van der Waals surface area contributed by atoms with E-state index in [0.29, 0.717) is 12.2 Å². The number of hydrogen-bond acceptors (Lipinski definition) is 2. The normalized spacial score (nSPS) is 12.2. The van der Waals surface area contributed by atoms with E-state index in [-0.39, 0.29) is 11.9 Å². The molecule has 4 heteroatoms. The van der Waals surface area contributed by atoms with Gasteiger partial charge in [-0.3, -0.25) is 0 Å². The SMILES string of the molecule is CCOc1ccc(C(N)c2ccc(F)c(C)c2)c(Br)c1. The molecule has 0 spiro atoms. The van der Waals surface area contributed by atoms with Crippen molar-refractivity contribution in [3.8, 4) is 5.75 Å². The Kier molecular flexibility index (Phi) is 4.78. The number of halogens is 2. The Morgan fingerprint density at radius 3 is 2.60 bits per heavy atom. The molecule has 0 amide bonds. The first-order valence-electron chi connectivity index (χ1n) is 6.46. The maximum atomic E-state index is 13.3. The van der Waals surface area contributed by atoms with Gasteiger partial charge in [-0.15, -0.1) is 0 Å². The van der Waals surface area contributed by atoms with E-state index in [4.69, 9.17) is 10.5 Å². The van der Waals surface area contributed by atoms with Crippen molar-refractivity contribution in [1.82, 2.24) is 0 Å². The smallest absolute Gasteiger partial charge is 0.126 e. The lowest BCUT2D eigenvalue weighted by Gasteiger charge is -2.16. The predicted molar refractivity (Wildman–Crippen MR) is 82.5 cm³/mol. The van der Waals surface area contributed by atoms with Crippen LogP contribution in [0.5, 0.6) is 5.75 Å². The molecule has 20 heavy (non-hydrogen) atoms. The summed E-state index contributed by atoms with van der Waals surface area (Å²) >= 11 is 3.51. The van der Waals surface area contributed by atoms with Gasteiger partial charge in [0.05, 0.1) is 12.6 Å². The highest BCUT2D eigenvalue weighted by atomic mass is 79.9. The van der Waals surface area contributed by atoms with Gasteiger partial charge in [-0.25, -0.2) is 4.39 Å². The van der Waals surface area contributed by atoms with Crippen LogP contribution < -0.4 is 10.5 Å². The van der Waals surface area contributed by atoms with Gasteiger partial charge in [0.25, 0.3) is 0 Å². The zero-order chi connectivity index (χ0) is 14.7. The summed E-state index contributed by atoms with van der Waals surface area (Å²) in [6.45, 7) is 4.29. The first-order chi connectivity index (χ1) is 9.52. The standard InChI is InChI=1S/C16H17BrFNO/c1-3-20-12-5-6-13(14(17)9-12)16(19)11-4-7-15(18)10(2)8-11/h4-9,16H,3,19H2,1-2H3. The topological polar surface area (TPSA) is 35.2 Å². The van der Waals surface area contributed by atoms with Crippen molar-refractivity contribution in [2.75, 3.05) is 6.61 Å². The van der Waals surface area contributed by atoms with Crippen LogP contribution in [0.3, 0.4) is 0 Å². The molecule has 2 N–H and O–H groups in total. The number of ether oxygens (including phenoxy) is 1. The molecule has 0 aromatic heterocycles. The van der Waals surface area contributed by atoms with E-state index in [1.54, 1.807) is 19.1 Å². The van der Waals surface area contributed by atoms with Gasteiger partial charge in [0.15, 0.2) is 0 Å². The second-order valence-corrected chi connectivity index (χ2v) is 5.46. The lowest BCUT2D eigenvalue weighted by Crippen LogP contribution is -2.13. The molecule has 0 aliphatic heterocycles. The lowest BCUT2D eigenvalue weighted by atomic mass is 9.98. The van der Waals surface area contributed by atoms with Crippen molar-refractivity contribution in [1.29, 1.82) is 0 Å². The van der Waals surface area contributed by atoms with Crippen LogP contribution in [0.2, 0.25) is 0 Å². The first-order valence-corrected chi connectivity index (χ1v) is 7.26. The molecule has 1 unspecified atom stereocenters. The largest absolute Gasteiger partial charge is 0.494 e. The van der Waals surface area contributed by atoms with E-state index in [1.165, 1.54) is 6.07 Å². The quantitative estimate of drug-likeness (QED) is 0.900. The van der Waals surface area contributed by atoms with Crippen LogP contribution in [-0.2, 0) is 0 Å². The first kappa shape index (κ1) is 15.0. The summed E-state index contributed by atoms with van der Waals surface area (Å²) in [6, 6.07) is 10.4. The molecule has 0 saturated carbocycles. The van der Waals surface area contributed by atoms with Gasteiger partial charge in [-0.2, -0.15) is 0 Å². The zero-order valence-corrected chi connectivity index (χ0v) is 13.1. The lowest BCUT2D eigenvalue weighted by molar-refractivity contribution is 0.340. The van der Waals surface area contributed by atoms with Crippen molar-refractivity contribution in [3.63, 3.8) is 0 Å². The molecule has 106 valence electrons. The fourth-order valence-electron chi connectivity index (χ4n) is 2.06. The molecule has 0 heterocycles. The molecule has 0 aliphatic rings. The summed E-state index contributed by atoms with van der Waals surface area (Å²) in [7, 11) is 0. The predicted octanol–water partition coefficient (Wildman–Crippen LogP) is 4.34. The molecule has 2 rings (SSSR count). The van der Waals surface area contributed by atoms with Crippen LogP contribution in [0.1, 0.15) is 29.7 Å². The van der Waals surface area contributed by atoms with Crippen molar-refractivity contribution in [2.45, 2.75) is 19.9 Å². The van der Waals surface area contributed by atoms with Gasteiger partial charge in [0.2, 0.25) is 0 Å². The minimum Gasteiger partial charge on any atom is -0.494 e. The van der Waals surface area contributed by atoms with Gasteiger partial charge < -0.3 is 10.5 Å². The van der Waals surface area contributed by atoms with E-state index in [2.05, 4.69) is 15.9 Å². The maximum absolute atomic E-state index is 13.3. The summed E-state index contributed by atoms with van der Waals surface area (Å²) in [5.41, 5.74) is 8.69. The number of hydrogen-bond donors (Lipinski definition) is 1. The molecule has 0 aliphatic carbocycles. The van der Waals surface area contributed by atoms with E-state index >= 15 is 0 Å². The molecular formula is C16H17BrFNO. The third kappa shape index (κ3) is 3.19. The van der Waals surface area contributed by atoms with Crippen molar-refractivity contribution in [3.05, 3.63) is 63.4 Å². The minimum absolute atomic E-state index is 0.216. The second kappa shape index (κ2) is 6.37. The molecule has 1 atom stereocenters. The maximum Gasteiger partial charge on any atom is 0.126 e. The van der Waals surface area contributed by atoms with Gasteiger partial charge in [0.1, 0.15) is 11.6 Å². The number of nitrogens with two attached hydrogens (primary N) is 1. The average Bonchev–Trinajstić information content (AvgIpc) is 2.42. The Morgan fingerprint density at radius 1 is 1.25 bits per heavy atom. The Balaban J connectivity index is 2.32. The van der Waals surface area contributed by atoms with Gasteiger partial charge in [-0.1, -0.05) is 34.1 Å². The Hall–Kier alpha value is -1.39. The van der Waals surface area contributed by atoms with Crippen molar-refractivity contribution >= 4 is 15.9 Å². The van der Waals surface area contributed by atoms with E-state index in [0.717, 1.165) is 21.3 Å². The molecule has 0 fully saturated rings. The Morgan fingerprint density at radius 2 is 2.00 bits per heavy atom. The molecular weight excluding hydrogens is 321 g/mol. The highest BCUT2D eigenvalue weighted by Crippen LogP contribution is 2.30. The van der Waals surface area contributed by atoms with Gasteiger partial charge >= 0.3 is 0 Å². The van der Waals surface area contributed by atoms with Crippen LogP contribution in [0, 0.1) is 12.7 Å². The van der Waals surface area contributed by atoms with Crippen LogP contribution >= 0.6 is 15.9 Å². The molecule has 2 aromatic carbocycles. The Bertz CT molecular complexity index is 615. The molecule has 0 saturated heterocycles. The van der Waals surface area contributed by atoms with E-state index < -0.39 is 0 Å². The summed E-state index contributed by atoms with van der Waals surface area (Å²) < 4.78 is 19.6.